The second-order valence-electron chi connectivity index (χ2n) is 8.06. The monoisotopic (exact) mass is 465 g/mol. The van der Waals surface area contributed by atoms with E-state index in [0.29, 0.717) is 22.1 Å². The standard InChI is InChI=1S/C26H19N5O2S/c32-24(16-7-2-1-3-8-16)29-26-28-20-13-11-17(14-21(20)34-26)27-25(33)23-19-12-10-15-6-4-5-9-18(15)22(19)30-31-23/h1-9,11,13-14H,10,12H2,(H,27,33)(H,30,31)(H,28,29,32). The number of nitrogens with zero attached hydrogens (tertiary/aromatic N) is 2. The highest BCUT2D eigenvalue weighted by Crippen LogP contribution is 2.34. The van der Waals surface area contributed by atoms with Gasteiger partial charge >= 0.3 is 0 Å². The van der Waals surface area contributed by atoms with E-state index >= 15 is 0 Å². The first-order chi connectivity index (χ1) is 16.7. The average Bonchev–Trinajstić information content (AvgIpc) is 3.48. The number of aromatic nitrogens is 3. The van der Waals surface area contributed by atoms with E-state index in [-0.39, 0.29) is 11.8 Å². The van der Waals surface area contributed by atoms with E-state index in [9.17, 15) is 9.59 Å². The van der Waals surface area contributed by atoms with Gasteiger partial charge in [-0.25, -0.2) is 4.98 Å². The molecular formula is C26H19N5O2S. The number of hydrogen-bond acceptors (Lipinski definition) is 5. The molecule has 3 aromatic carbocycles. The van der Waals surface area contributed by atoms with Gasteiger partial charge in [0, 0.05) is 22.4 Å². The number of thiazole rings is 1. The van der Waals surface area contributed by atoms with E-state index in [1.165, 1.54) is 16.9 Å². The van der Waals surface area contributed by atoms with Crippen LogP contribution in [0.25, 0.3) is 21.5 Å². The summed E-state index contributed by atoms with van der Waals surface area (Å²) in [5.41, 5.74) is 6.59. The van der Waals surface area contributed by atoms with Gasteiger partial charge in [-0.3, -0.25) is 20.0 Å². The molecule has 0 spiro atoms. The molecule has 1 aliphatic rings. The molecule has 6 rings (SSSR count). The Labute approximate surface area is 198 Å². The van der Waals surface area contributed by atoms with Crippen LogP contribution in [0.5, 0.6) is 0 Å². The molecule has 0 atom stereocenters. The third-order valence-electron chi connectivity index (χ3n) is 5.91. The Morgan fingerprint density at radius 2 is 1.71 bits per heavy atom. The van der Waals surface area contributed by atoms with Gasteiger partial charge in [0.2, 0.25) is 0 Å². The smallest absolute Gasteiger partial charge is 0.273 e. The van der Waals surface area contributed by atoms with Crippen molar-refractivity contribution in [2.24, 2.45) is 0 Å². The molecule has 1 aliphatic carbocycles. The van der Waals surface area contributed by atoms with Gasteiger partial charge < -0.3 is 5.32 Å². The molecule has 0 bridgehead atoms. The molecular weight excluding hydrogens is 446 g/mol. The first kappa shape index (κ1) is 20.3. The Balaban J connectivity index is 1.22. The molecule has 0 saturated heterocycles. The van der Waals surface area contributed by atoms with Crippen molar-refractivity contribution in [2.45, 2.75) is 12.8 Å². The Kier molecular flexibility index (Phi) is 4.92. The van der Waals surface area contributed by atoms with Gasteiger partial charge in [0.25, 0.3) is 11.8 Å². The van der Waals surface area contributed by atoms with Gasteiger partial charge in [0.15, 0.2) is 5.13 Å². The van der Waals surface area contributed by atoms with Gasteiger partial charge in [-0.15, -0.1) is 0 Å². The molecule has 0 fully saturated rings. The Bertz CT molecular complexity index is 1550. The van der Waals surface area contributed by atoms with Crippen molar-refractivity contribution in [3.63, 3.8) is 0 Å². The van der Waals surface area contributed by atoms with E-state index in [1.54, 1.807) is 18.2 Å². The highest BCUT2D eigenvalue weighted by atomic mass is 32.1. The van der Waals surface area contributed by atoms with E-state index in [0.717, 1.165) is 39.9 Å². The topological polar surface area (TPSA) is 99.8 Å². The lowest BCUT2D eigenvalue weighted by Crippen LogP contribution is -2.15. The van der Waals surface area contributed by atoms with Crippen LogP contribution in [0.15, 0.2) is 72.8 Å². The predicted molar refractivity (Wildman–Crippen MR) is 133 cm³/mol. The second-order valence-corrected chi connectivity index (χ2v) is 9.09. The van der Waals surface area contributed by atoms with E-state index in [1.807, 2.05) is 48.5 Å². The molecule has 2 amide bonds. The van der Waals surface area contributed by atoms with Crippen molar-refractivity contribution in [3.05, 3.63) is 95.2 Å². The molecule has 7 nitrogen and oxygen atoms in total. The number of benzene rings is 3. The molecule has 5 aromatic rings. The summed E-state index contributed by atoms with van der Waals surface area (Å²) in [5, 5.41) is 13.7. The fourth-order valence-corrected chi connectivity index (χ4v) is 5.16. The first-order valence-corrected chi connectivity index (χ1v) is 11.7. The summed E-state index contributed by atoms with van der Waals surface area (Å²) in [6.07, 6.45) is 1.65. The lowest BCUT2D eigenvalue weighted by Gasteiger charge is -2.15. The van der Waals surface area contributed by atoms with Gasteiger partial charge in [0.05, 0.1) is 15.9 Å². The number of amides is 2. The fraction of sp³-hybridized carbons (Fsp3) is 0.0769. The number of carbonyl (C=O) groups excluding carboxylic acids is 2. The summed E-state index contributed by atoms with van der Waals surface area (Å²) < 4.78 is 0.863. The zero-order valence-electron chi connectivity index (χ0n) is 18.0. The zero-order chi connectivity index (χ0) is 23.1. The molecule has 0 saturated carbocycles. The van der Waals surface area contributed by atoms with Gasteiger partial charge in [-0.05, 0) is 48.7 Å². The molecule has 2 aromatic heterocycles. The van der Waals surface area contributed by atoms with E-state index in [2.05, 4.69) is 31.9 Å². The van der Waals surface area contributed by atoms with E-state index < -0.39 is 0 Å². The van der Waals surface area contributed by atoms with Crippen LogP contribution in [0, 0.1) is 0 Å². The van der Waals surface area contributed by atoms with Crippen molar-refractivity contribution in [1.29, 1.82) is 0 Å². The van der Waals surface area contributed by atoms with Crippen molar-refractivity contribution in [3.8, 4) is 11.3 Å². The molecule has 0 unspecified atom stereocenters. The summed E-state index contributed by atoms with van der Waals surface area (Å²) in [6, 6.07) is 22.7. The number of rotatable bonds is 4. The van der Waals surface area contributed by atoms with Gasteiger partial charge in [-0.2, -0.15) is 5.10 Å². The zero-order valence-corrected chi connectivity index (χ0v) is 18.8. The summed E-state index contributed by atoms with van der Waals surface area (Å²) >= 11 is 1.36. The van der Waals surface area contributed by atoms with Crippen molar-refractivity contribution >= 4 is 44.2 Å². The molecule has 166 valence electrons. The number of hydrogen-bond donors (Lipinski definition) is 3. The quantitative estimate of drug-likeness (QED) is 0.336. The summed E-state index contributed by atoms with van der Waals surface area (Å²) in [5.74, 6) is -0.437. The highest BCUT2D eigenvalue weighted by Gasteiger charge is 2.25. The molecule has 0 aliphatic heterocycles. The van der Waals surface area contributed by atoms with Crippen LogP contribution < -0.4 is 10.6 Å². The van der Waals surface area contributed by atoms with Crippen LogP contribution in [-0.2, 0) is 12.8 Å². The minimum atomic E-state index is -0.227. The number of aromatic amines is 1. The highest BCUT2D eigenvalue weighted by molar-refractivity contribution is 7.22. The number of anilines is 2. The van der Waals surface area contributed by atoms with Crippen LogP contribution in [0.2, 0.25) is 0 Å². The number of fused-ring (bicyclic) bond motifs is 4. The molecule has 3 N–H and O–H groups in total. The van der Waals surface area contributed by atoms with Crippen LogP contribution in [0.3, 0.4) is 0 Å². The number of aryl methyl sites for hydroxylation is 1. The van der Waals surface area contributed by atoms with Crippen LogP contribution in [-0.4, -0.2) is 27.0 Å². The predicted octanol–water partition coefficient (Wildman–Crippen LogP) is 5.29. The minimum Gasteiger partial charge on any atom is -0.321 e. The molecule has 2 heterocycles. The number of carbonyl (C=O) groups is 2. The van der Waals surface area contributed by atoms with Crippen molar-refractivity contribution in [2.75, 3.05) is 10.6 Å². The van der Waals surface area contributed by atoms with Crippen LogP contribution in [0.1, 0.15) is 32.0 Å². The maximum absolute atomic E-state index is 13.1. The Morgan fingerprint density at radius 3 is 2.59 bits per heavy atom. The third-order valence-corrected chi connectivity index (χ3v) is 6.85. The van der Waals surface area contributed by atoms with Crippen molar-refractivity contribution in [1.82, 2.24) is 15.2 Å². The van der Waals surface area contributed by atoms with Gasteiger partial charge in [-0.1, -0.05) is 53.8 Å². The molecule has 8 heteroatoms. The fourth-order valence-electron chi connectivity index (χ4n) is 4.26. The maximum atomic E-state index is 13.1. The first-order valence-electron chi connectivity index (χ1n) is 10.9. The maximum Gasteiger partial charge on any atom is 0.273 e. The average molecular weight is 466 g/mol. The lowest BCUT2D eigenvalue weighted by molar-refractivity contribution is 0.101. The lowest BCUT2D eigenvalue weighted by atomic mass is 9.89. The van der Waals surface area contributed by atoms with E-state index in [4.69, 9.17) is 0 Å². The van der Waals surface area contributed by atoms with Crippen molar-refractivity contribution < 1.29 is 9.59 Å². The Hall–Kier alpha value is -4.30. The molecule has 0 radical (unpaired) electrons. The minimum absolute atomic E-state index is 0.209. The second kappa shape index (κ2) is 8.24. The van der Waals surface area contributed by atoms with Crippen LogP contribution in [0.4, 0.5) is 10.8 Å². The van der Waals surface area contributed by atoms with Gasteiger partial charge in [0.1, 0.15) is 5.69 Å². The number of H-pyrrole nitrogens is 1. The number of nitrogens with one attached hydrogen (secondary N) is 3. The van der Waals surface area contributed by atoms with Crippen LogP contribution >= 0.6 is 11.3 Å². The third kappa shape index (κ3) is 3.64. The molecule has 34 heavy (non-hydrogen) atoms. The summed E-state index contributed by atoms with van der Waals surface area (Å²) in [6.45, 7) is 0. The Morgan fingerprint density at radius 1 is 0.882 bits per heavy atom. The normalized spacial score (nSPS) is 12.1. The summed E-state index contributed by atoms with van der Waals surface area (Å²) in [7, 11) is 0. The largest absolute Gasteiger partial charge is 0.321 e. The summed E-state index contributed by atoms with van der Waals surface area (Å²) in [4.78, 5) is 30.0. The SMILES string of the molecule is O=C(Nc1nc2ccc(NC(=O)c3[nH]nc4c3CCc3ccccc3-4)cc2s1)c1ccccc1.